The molecule has 1 aliphatic heterocycles. The monoisotopic (exact) mass is 326 g/mol. The first-order chi connectivity index (χ1) is 10.4. The molecule has 0 spiro atoms. The summed E-state index contributed by atoms with van der Waals surface area (Å²) in [5, 5.41) is 0. The lowest BCUT2D eigenvalue weighted by atomic mass is 9.96. The number of hydrogen-bond acceptors (Lipinski definition) is 5. The molecule has 0 N–H and O–H groups in total. The Morgan fingerprint density at radius 1 is 1.04 bits per heavy atom. The van der Waals surface area contributed by atoms with Gasteiger partial charge in [0.05, 0.1) is 16.7 Å². The Labute approximate surface area is 139 Å². The van der Waals surface area contributed by atoms with E-state index in [0.29, 0.717) is 5.76 Å². The second-order valence-electron chi connectivity index (χ2n) is 8.06. The van der Waals surface area contributed by atoms with Crippen LogP contribution in [0.2, 0.25) is 0 Å². The highest BCUT2D eigenvalue weighted by molar-refractivity contribution is 5.76. The lowest BCUT2D eigenvalue weighted by molar-refractivity contribution is -0.199. The van der Waals surface area contributed by atoms with Crippen LogP contribution in [0.5, 0.6) is 0 Å². The van der Waals surface area contributed by atoms with Crippen LogP contribution in [0.3, 0.4) is 0 Å². The molecule has 0 radical (unpaired) electrons. The normalized spacial score (nSPS) is 26.8. The zero-order valence-corrected chi connectivity index (χ0v) is 15.6. The summed E-state index contributed by atoms with van der Waals surface area (Å²) in [4.78, 5) is 24.4. The number of carbonyl (C=O) groups is 2. The number of esters is 2. The second kappa shape index (κ2) is 6.93. The van der Waals surface area contributed by atoms with E-state index in [1.54, 1.807) is 41.5 Å². The number of rotatable bonds is 3. The number of allylic oxidation sites excluding steroid dienone is 1. The van der Waals surface area contributed by atoms with Gasteiger partial charge in [-0.3, -0.25) is 9.59 Å². The van der Waals surface area contributed by atoms with Gasteiger partial charge < -0.3 is 14.2 Å². The van der Waals surface area contributed by atoms with Crippen LogP contribution in [-0.2, 0) is 23.8 Å². The summed E-state index contributed by atoms with van der Waals surface area (Å²) in [5.74, 6) is -0.179. The van der Waals surface area contributed by atoms with Gasteiger partial charge in [-0.1, -0.05) is 13.8 Å². The van der Waals surface area contributed by atoms with E-state index in [9.17, 15) is 9.59 Å². The molecule has 1 saturated heterocycles. The van der Waals surface area contributed by atoms with Gasteiger partial charge in [0.15, 0.2) is 6.10 Å². The number of ether oxygens (including phenoxy) is 3. The van der Waals surface area contributed by atoms with Crippen molar-refractivity contribution in [1.29, 1.82) is 0 Å². The summed E-state index contributed by atoms with van der Waals surface area (Å²) in [6.45, 7) is 14.6. The lowest BCUT2D eigenvalue weighted by Gasteiger charge is -2.26. The molecule has 1 heterocycles. The van der Waals surface area contributed by atoms with E-state index in [1.165, 1.54) is 0 Å². The van der Waals surface area contributed by atoms with Crippen LogP contribution in [0.4, 0.5) is 0 Å². The summed E-state index contributed by atoms with van der Waals surface area (Å²) in [7, 11) is 0. The van der Waals surface area contributed by atoms with Crippen LogP contribution in [0.15, 0.2) is 11.8 Å². The Balaban J connectivity index is 2.98. The molecule has 0 aromatic carbocycles. The van der Waals surface area contributed by atoms with Gasteiger partial charge in [-0.05, 0) is 54.0 Å². The van der Waals surface area contributed by atoms with Crippen LogP contribution < -0.4 is 0 Å². The van der Waals surface area contributed by atoms with Crippen LogP contribution in [0.25, 0.3) is 0 Å². The maximum atomic E-state index is 12.2. The van der Waals surface area contributed by atoms with Gasteiger partial charge in [-0.15, -0.1) is 0 Å². The van der Waals surface area contributed by atoms with E-state index in [-0.39, 0.29) is 17.9 Å². The van der Waals surface area contributed by atoms with Crippen molar-refractivity contribution in [2.45, 2.75) is 74.2 Å². The summed E-state index contributed by atoms with van der Waals surface area (Å²) >= 11 is 0. The van der Waals surface area contributed by atoms with Crippen molar-refractivity contribution in [3.8, 4) is 0 Å². The minimum absolute atomic E-state index is 0.154. The molecule has 5 heteroatoms. The van der Waals surface area contributed by atoms with Gasteiger partial charge in [0, 0.05) is 0 Å². The summed E-state index contributed by atoms with van der Waals surface area (Å²) in [5.41, 5.74) is -1.28. The second-order valence-corrected chi connectivity index (χ2v) is 8.06. The van der Waals surface area contributed by atoms with E-state index in [1.807, 2.05) is 19.9 Å². The van der Waals surface area contributed by atoms with Gasteiger partial charge in [0.2, 0.25) is 0 Å². The molecule has 0 bridgehead atoms. The fourth-order valence-electron chi connectivity index (χ4n) is 1.97. The average molecular weight is 326 g/mol. The van der Waals surface area contributed by atoms with Crippen molar-refractivity contribution in [1.82, 2.24) is 0 Å². The average Bonchev–Trinajstić information content (AvgIpc) is 2.66. The quantitative estimate of drug-likeness (QED) is 0.738. The van der Waals surface area contributed by atoms with Crippen molar-refractivity contribution in [2.24, 2.45) is 16.7 Å². The molecule has 1 fully saturated rings. The van der Waals surface area contributed by atoms with Gasteiger partial charge in [0.1, 0.15) is 5.76 Å². The van der Waals surface area contributed by atoms with Crippen molar-refractivity contribution >= 4 is 11.9 Å². The number of carbonyl (C=O) groups excluding carboxylic acids is 2. The third-order valence-corrected chi connectivity index (χ3v) is 3.56. The molecule has 132 valence electrons. The van der Waals surface area contributed by atoms with Crippen LogP contribution in [0, 0.1) is 16.7 Å². The summed E-state index contributed by atoms with van der Waals surface area (Å²) in [6, 6.07) is 0. The Kier molecular flexibility index (Phi) is 5.89. The van der Waals surface area contributed by atoms with E-state index >= 15 is 0 Å². The molecular weight excluding hydrogens is 296 g/mol. The summed E-state index contributed by atoms with van der Waals surface area (Å²) in [6.07, 6.45) is 1.18. The van der Waals surface area contributed by atoms with E-state index < -0.39 is 23.2 Å². The van der Waals surface area contributed by atoms with Gasteiger partial charge in [0.25, 0.3) is 6.29 Å². The van der Waals surface area contributed by atoms with E-state index in [4.69, 9.17) is 14.2 Å². The highest BCUT2D eigenvalue weighted by Gasteiger charge is 2.46. The highest BCUT2D eigenvalue weighted by Crippen LogP contribution is 2.35. The molecule has 23 heavy (non-hydrogen) atoms. The molecule has 0 aromatic heterocycles. The van der Waals surface area contributed by atoms with Gasteiger partial charge >= 0.3 is 11.9 Å². The molecule has 5 nitrogen and oxygen atoms in total. The van der Waals surface area contributed by atoms with Crippen LogP contribution >= 0.6 is 0 Å². The Hall–Kier alpha value is -1.52. The number of hydrogen-bond donors (Lipinski definition) is 0. The first kappa shape index (κ1) is 19.5. The van der Waals surface area contributed by atoms with Crippen molar-refractivity contribution in [2.75, 3.05) is 0 Å². The van der Waals surface area contributed by atoms with Gasteiger partial charge in [-0.25, -0.2) is 0 Å². The lowest BCUT2D eigenvalue weighted by Crippen LogP contribution is -2.39. The van der Waals surface area contributed by atoms with E-state index in [0.717, 1.165) is 6.42 Å². The van der Waals surface area contributed by atoms with Crippen LogP contribution in [-0.4, -0.2) is 24.3 Å². The minimum atomic E-state index is -0.902. The zero-order chi connectivity index (χ0) is 18.0. The molecule has 0 saturated carbocycles. The minimum Gasteiger partial charge on any atom is -0.455 e. The third-order valence-electron chi connectivity index (χ3n) is 3.56. The maximum Gasteiger partial charge on any atom is 0.314 e. The third kappa shape index (κ3) is 4.98. The fourth-order valence-corrected chi connectivity index (χ4v) is 1.97. The topological polar surface area (TPSA) is 61.8 Å². The van der Waals surface area contributed by atoms with Gasteiger partial charge in [-0.2, -0.15) is 0 Å². The Bertz CT molecular complexity index is 479. The highest BCUT2D eigenvalue weighted by atomic mass is 16.7. The predicted octanol–water partition coefficient (Wildman–Crippen LogP) is 3.82. The molecule has 0 amide bonds. The predicted molar refractivity (Wildman–Crippen MR) is 87.3 cm³/mol. The largest absolute Gasteiger partial charge is 0.455 e. The Morgan fingerprint density at radius 3 is 1.96 bits per heavy atom. The SMILES string of the molecule is CC/C=C1\O[C@@H](OC(=O)C(C)(C)C)[C@H](OC(=O)C(C)(C)C)[C@H]1C. The van der Waals surface area contributed by atoms with Crippen LogP contribution in [0.1, 0.15) is 61.8 Å². The standard InChI is InChI=1S/C18H30O5/c1-9-10-12-11(2)13(22-15(19)17(3,4)5)14(21-12)23-16(20)18(6,7)8/h10-11,13-14H,9H2,1-8H3/b12-10-/t11-,13+,14-/m0/s1. The van der Waals surface area contributed by atoms with Crippen molar-refractivity contribution < 1.29 is 23.8 Å². The first-order valence-corrected chi connectivity index (χ1v) is 8.16. The van der Waals surface area contributed by atoms with E-state index in [2.05, 4.69) is 0 Å². The molecule has 0 unspecified atom stereocenters. The molecule has 0 aromatic rings. The van der Waals surface area contributed by atoms with Crippen molar-refractivity contribution in [3.63, 3.8) is 0 Å². The molecular formula is C18H30O5. The molecule has 1 rings (SSSR count). The molecule has 0 aliphatic carbocycles. The fraction of sp³-hybridized carbons (Fsp3) is 0.778. The molecule has 1 aliphatic rings. The first-order valence-electron chi connectivity index (χ1n) is 8.16. The smallest absolute Gasteiger partial charge is 0.314 e. The maximum absolute atomic E-state index is 12.2. The Morgan fingerprint density at radius 2 is 1.52 bits per heavy atom. The molecule has 3 atom stereocenters. The zero-order valence-electron chi connectivity index (χ0n) is 15.6. The van der Waals surface area contributed by atoms with Crippen molar-refractivity contribution in [3.05, 3.63) is 11.8 Å². The summed E-state index contributed by atoms with van der Waals surface area (Å²) < 4.78 is 16.8.